The van der Waals surface area contributed by atoms with E-state index >= 15 is 0 Å². The van der Waals surface area contributed by atoms with Gasteiger partial charge in [-0.25, -0.2) is 0 Å². The molecule has 18 heavy (non-hydrogen) atoms. The minimum absolute atomic E-state index is 0.898. The van der Waals surface area contributed by atoms with E-state index in [0.717, 1.165) is 13.0 Å². The second kappa shape index (κ2) is 5.36. The van der Waals surface area contributed by atoms with Gasteiger partial charge in [0.25, 0.3) is 0 Å². The third-order valence-corrected chi connectivity index (χ3v) is 3.21. The van der Waals surface area contributed by atoms with Crippen molar-refractivity contribution in [3.05, 3.63) is 41.2 Å². The molecule has 96 valence electrons. The summed E-state index contributed by atoms with van der Waals surface area (Å²) in [5, 5.41) is 7.72. The fraction of sp³-hybridized carbons (Fsp3) is 0.400. The van der Waals surface area contributed by atoms with Gasteiger partial charge in [-0.1, -0.05) is 19.1 Å². The van der Waals surface area contributed by atoms with Crippen LogP contribution in [-0.4, -0.2) is 16.8 Å². The van der Waals surface area contributed by atoms with Crippen molar-refractivity contribution >= 4 is 0 Å². The van der Waals surface area contributed by atoms with Gasteiger partial charge in [-0.2, -0.15) is 5.10 Å². The van der Waals surface area contributed by atoms with Gasteiger partial charge in [-0.15, -0.1) is 0 Å². The number of nitrogens with zero attached hydrogens (tertiary/aromatic N) is 2. The fourth-order valence-corrected chi connectivity index (χ4v) is 2.29. The van der Waals surface area contributed by atoms with Gasteiger partial charge in [0.2, 0.25) is 0 Å². The molecule has 1 N–H and O–H groups in total. The monoisotopic (exact) mass is 243 g/mol. The summed E-state index contributed by atoms with van der Waals surface area (Å²) in [6, 6.07) is 6.63. The van der Waals surface area contributed by atoms with Crippen molar-refractivity contribution in [2.75, 3.05) is 7.05 Å². The molecule has 0 saturated carbocycles. The molecule has 0 saturated heterocycles. The lowest BCUT2D eigenvalue weighted by Gasteiger charge is -2.08. The van der Waals surface area contributed by atoms with Crippen molar-refractivity contribution in [1.82, 2.24) is 15.1 Å². The lowest BCUT2D eigenvalue weighted by Crippen LogP contribution is -2.05. The Morgan fingerprint density at radius 1 is 1.28 bits per heavy atom. The lowest BCUT2D eigenvalue weighted by atomic mass is 9.98. The van der Waals surface area contributed by atoms with Gasteiger partial charge in [-0.3, -0.25) is 4.68 Å². The number of rotatable bonds is 4. The van der Waals surface area contributed by atoms with Crippen molar-refractivity contribution in [1.29, 1.82) is 0 Å². The van der Waals surface area contributed by atoms with E-state index in [4.69, 9.17) is 0 Å². The van der Waals surface area contributed by atoms with Crippen molar-refractivity contribution in [3.8, 4) is 11.1 Å². The summed E-state index contributed by atoms with van der Waals surface area (Å²) in [4.78, 5) is 0. The summed E-state index contributed by atoms with van der Waals surface area (Å²) in [5.74, 6) is 0. The summed E-state index contributed by atoms with van der Waals surface area (Å²) in [6.45, 7) is 5.21. The highest BCUT2D eigenvalue weighted by molar-refractivity contribution is 5.69. The van der Waals surface area contributed by atoms with Crippen molar-refractivity contribution in [2.45, 2.75) is 26.8 Å². The summed E-state index contributed by atoms with van der Waals surface area (Å²) < 4.78 is 1.90. The average molecular weight is 243 g/mol. The maximum absolute atomic E-state index is 4.52. The second-order valence-electron chi connectivity index (χ2n) is 4.70. The van der Waals surface area contributed by atoms with E-state index in [-0.39, 0.29) is 0 Å². The Morgan fingerprint density at radius 3 is 2.72 bits per heavy atom. The summed E-state index contributed by atoms with van der Waals surface area (Å²) in [6.07, 6.45) is 3.08. The van der Waals surface area contributed by atoms with Gasteiger partial charge < -0.3 is 5.32 Å². The molecule has 1 heterocycles. The maximum Gasteiger partial charge on any atom is 0.0700 e. The zero-order valence-electron chi connectivity index (χ0n) is 11.6. The Kier molecular flexibility index (Phi) is 3.82. The third-order valence-electron chi connectivity index (χ3n) is 3.21. The smallest absolute Gasteiger partial charge is 0.0700 e. The molecular weight excluding hydrogens is 222 g/mol. The highest BCUT2D eigenvalue weighted by atomic mass is 15.2. The first kappa shape index (κ1) is 12.8. The Morgan fingerprint density at radius 2 is 2.06 bits per heavy atom. The minimum atomic E-state index is 0.898. The quantitative estimate of drug-likeness (QED) is 0.894. The zero-order chi connectivity index (χ0) is 13.1. The molecule has 0 amide bonds. The third kappa shape index (κ3) is 2.46. The van der Waals surface area contributed by atoms with Gasteiger partial charge in [0.1, 0.15) is 0 Å². The predicted molar refractivity (Wildman–Crippen MR) is 75.5 cm³/mol. The second-order valence-corrected chi connectivity index (χ2v) is 4.70. The molecule has 0 bridgehead atoms. The van der Waals surface area contributed by atoms with Crippen LogP contribution in [0.3, 0.4) is 0 Å². The molecule has 3 heteroatoms. The fourth-order valence-electron chi connectivity index (χ4n) is 2.29. The van der Waals surface area contributed by atoms with Crippen LogP contribution in [0.1, 0.15) is 23.7 Å². The van der Waals surface area contributed by atoms with Crippen LogP contribution in [0.25, 0.3) is 11.1 Å². The number of hydrogen-bond donors (Lipinski definition) is 1. The molecule has 0 fully saturated rings. The Balaban J connectivity index is 2.51. The van der Waals surface area contributed by atoms with Crippen LogP contribution in [0.15, 0.2) is 24.4 Å². The Hall–Kier alpha value is -1.61. The summed E-state index contributed by atoms with van der Waals surface area (Å²) >= 11 is 0. The first-order chi connectivity index (χ1) is 8.65. The molecule has 0 atom stereocenters. The summed E-state index contributed by atoms with van der Waals surface area (Å²) in [7, 11) is 3.95. The van der Waals surface area contributed by atoms with Crippen molar-refractivity contribution in [3.63, 3.8) is 0 Å². The van der Waals surface area contributed by atoms with E-state index in [1.54, 1.807) is 0 Å². The molecule has 0 unspecified atom stereocenters. The lowest BCUT2D eigenvalue weighted by molar-refractivity contribution is 0.746. The molecule has 0 radical (unpaired) electrons. The van der Waals surface area contributed by atoms with Crippen LogP contribution in [0, 0.1) is 6.92 Å². The number of aromatic nitrogens is 2. The van der Waals surface area contributed by atoms with Crippen LogP contribution >= 0.6 is 0 Å². The number of hydrogen-bond acceptors (Lipinski definition) is 2. The highest BCUT2D eigenvalue weighted by Gasteiger charge is 2.11. The predicted octanol–water partition coefficient (Wildman–Crippen LogP) is 2.68. The first-order valence-electron chi connectivity index (χ1n) is 6.42. The van der Waals surface area contributed by atoms with E-state index < -0.39 is 0 Å². The van der Waals surface area contributed by atoms with Gasteiger partial charge in [0, 0.05) is 25.4 Å². The molecule has 0 aliphatic heterocycles. The van der Waals surface area contributed by atoms with Crippen LogP contribution in [-0.2, 0) is 20.0 Å². The molecule has 0 aliphatic rings. The highest BCUT2D eigenvalue weighted by Crippen LogP contribution is 2.27. The normalized spacial score (nSPS) is 10.9. The van der Waals surface area contributed by atoms with E-state index in [1.165, 1.54) is 27.9 Å². The summed E-state index contributed by atoms with van der Waals surface area (Å²) in [5.41, 5.74) is 6.34. The molecule has 3 nitrogen and oxygen atoms in total. The van der Waals surface area contributed by atoms with Gasteiger partial charge in [0.15, 0.2) is 0 Å². The van der Waals surface area contributed by atoms with Gasteiger partial charge in [-0.05, 0) is 43.1 Å². The van der Waals surface area contributed by atoms with Gasteiger partial charge >= 0.3 is 0 Å². The van der Waals surface area contributed by atoms with Crippen molar-refractivity contribution < 1.29 is 0 Å². The van der Waals surface area contributed by atoms with E-state index in [9.17, 15) is 0 Å². The SMILES string of the molecule is CCc1nn(C)cc1-c1cc(CNC)ccc1C. The molecule has 0 spiro atoms. The topological polar surface area (TPSA) is 29.9 Å². The standard InChI is InChI=1S/C15H21N3/c1-5-15-14(10-18(4)17-15)13-8-12(9-16-3)7-6-11(13)2/h6-8,10,16H,5,9H2,1-4H3. The molecule has 2 aromatic rings. The Bertz CT molecular complexity index is 541. The van der Waals surface area contributed by atoms with Gasteiger partial charge in [0.05, 0.1) is 5.69 Å². The molecule has 1 aromatic heterocycles. The number of benzene rings is 1. The molecular formula is C15H21N3. The van der Waals surface area contributed by atoms with Crippen LogP contribution in [0.2, 0.25) is 0 Å². The van der Waals surface area contributed by atoms with Crippen LogP contribution < -0.4 is 5.32 Å². The van der Waals surface area contributed by atoms with Crippen LogP contribution in [0.5, 0.6) is 0 Å². The zero-order valence-corrected chi connectivity index (χ0v) is 11.6. The largest absolute Gasteiger partial charge is 0.316 e. The van der Waals surface area contributed by atoms with Crippen molar-refractivity contribution in [2.24, 2.45) is 7.05 Å². The number of aryl methyl sites for hydroxylation is 3. The average Bonchev–Trinajstić information content (AvgIpc) is 2.73. The van der Waals surface area contributed by atoms with E-state index in [1.807, 2.05) is 18.8 Å². The van der Waals surface area contributed by atoms with E-state index in [2.05, 4.69) is 48.7 Å². The molecule has 1 aromatic carbocycles. The molecule has 2 rings (SSSR count). The number of nitrogens with one attached hydrogen (secondary N) is 1. The first-order valence-corrected chi connectivity index (χ1v) is 6.42. The van der Waals surface area contributed by atoms with Crippen LogP contribution in [0.4, 0.5) is 0 Å². The Labute approximate surface area is 109 Å². The maximum atomic E-state index is 4.52. The van der Waals surface area contributed by atoms with E-state index in [0.29, 0.717) is 0 Å². The molecule has 0 aliphatic carbocycles. The minimum Gasteiger partial charge on any atom is -0.316 e.